The van der Waals surface area contributed by atoms with E-state index in [0.717, 1.165) is 31.2 Å². The Bertz CT molecular complexity index is 831. The maximum Gasteiger partial charge on any atom is 0.309 e. The fraction of sp³-hybridized carbons (Fsp3) is 0.579. The lowest BCUT2D eigenvalue weighted by Crippen LogP contribution is -2.35. The molecule has 27 heavy (non-hydrogen) atoms. The van der Waals surface area contributed by atoms with Gasteiger partial charge in [0, 0.05) is 18.8 Å². The fourth-order valence-electron chi connectivity index (χ4n) is 3.23. The van der Waals surface area contributed by atoms with E-state index >= 15 is 0 Å². The number of esters is 1. The van der Waals surface area contributed by atoms with E-state index in [1.54, 1.807) is 19.1 Å². The Morgan fingerprint density at radius 3 is 2.52 bits per heavy atom. The van der Waals surface area contributed by atoms with Gasteiger partial charge in [0.2, 0.25) is 10.0 Å². The average molecular weight is 394 g/mol. The van der Waals surface area contributed by atoms with Crippen LogP contribution in [0.4, 0.5) is 5.69 Å². The summed E-state index contributed by atoms with van der Waals surface area (Å²) in [5.41, 5.74) is 1.15. The van der Waals surface area contributed by atoms with Gasteiger partial charge in [0.25, 0.3) is 5.91 Å². The van der Waals surface area contributed by atoms with Crippen molar-refractivity contribution in [2.45, 2.75) is 44.4 Å². The number of nitrogens with one attached hydrogen (secondary N) is 1. The molecular weight excluding hydrogens is 368 g/mol. The summed E-state index contributed by atoms with van der Waals surface area (Å²) in [4.78, 5) is 24.0. The molecule has 0 aromatic heterocycles. The minimum absolute atomic E-state index is 0.0995. The Morgan fingerprint density at radius 1 is 1.22 bits per heavy atom. The molecule has 3 rings (SSSR count). The largest absolute Gasteiger partial charge is 0.455 e. The summed E-state index contributed by atoms with van der Waals surface area (Å²) in [6.45, 7) is 4.42. The first-order valence-corrected chi connectivity index (χ1v) is 10.8. The van der Waals surface area contributed by atoms with Gasteiger partial charge in [-0.3, -0.25) is 9.59 Å². The van der Waals surface area contributed by atoms with Crippen LogP contribution >= 0.6 is 0 Å². The molecule has 1 saturated carbocycles. The second-order valence-electron chi connectivity index (χ2n) is 7.42. The van der Waals surface area contributed by atoms with Crippen LogP contribution in [0.2, 0.25) is 0 Å². The second kappa shape index (κ2) is 7.98. The Balaban J connectivity index is 1.66. The smallest absolute Gasteiger partial charge is 0.309 e. The van der Waals surface area contributed by atoms with Crippen molar-refractivity contribution in [2.75, 3.05) is 25.0 Å². The molecule has 0 radical (unpaired) electrons. The minimum atomic E-state index is -3.58. The average Bonchev–Trinajstić information content (AvgIpc) is 3.39. The van der Waals surface area contributed by atoms with Crippen molar-refractivity contribution in [3.63, 3.8) is 0 Å². The van der Waals surface area contributed by atoms with E-state index in [2.05, 4.69) is 5.32 Å². The van der Waals surface area contributed by atoms with E-state index in [-0.39, 0.29) is 23.4 Å². The summed E-state index contributed by atoms with van der Waals surface area (Å²) in [6.07, 6.45) is 3.56. The van der Waals surface area contributed by atoms with Crippen LogP contribution in [0.15, 0.2) is 23.1 Å². The third kappa shape index (κ3) is 4.68. The molecule has 1 aliphatic carbocycles. The first-order chi connectivity index (χ1) is 12.8. The number of aryl methyl sites for hydroxylation is 1. The molecule has 2 aliphatic rings. The number of benzene rings is 1. The van der Waals surface area contributed by atoms with Gasteiger partial charge in [0.05, 0.1) is 10.8 Å². The molecule has 0 bridgehead atoms. The standard InChI is InChI=1S/C19H26N2O5S/c1-13-6-7-15(27(24,25)21-8-4-3-5-9-21)11-17(13)20-18(22)12-26-19(23)16-10-14(16)2/h6-7,11,14,16H,3-5,8-10,12H2,1-2H3,(H,20,22)/t14-,16+/m1/s1. The first-order valence-electron chi connectivity index (χ1n) is 9.36. The summed E-state index contributed by atoms with van der Waals surface area (Å²) in [7, 11) is -3.58. The zero-order chi connectivity index (χ0) is 19.6. The summed E-state index contributed by atoms with van der Waals surface area (Å²) in [5, 5.41) is 2.65. The highest BCUT2D eigenvalue weighted by Gasteiger charge is 2.40. The molecule has 1 saturated heterocycles. The summed E-state index contributed by atoms with van der Waals surface area (Å²) >= 11 is 0. The van der Waals surface area contributed by atoms with Crippen molar-refractivity contribution < 1.29 is 22.7 Å². The monoisotopic (exact) mass is 394 g/mol. The number of hydrogen-bond acceptors (Lipinski definition) is 5. The number of carbonyl (C=O) groups excluding carboxylic acids is 2. The third-order valence-corrected chi connectivity index (χ3v) is 7.09. The lowest BCUT2D eigenvalue weighted by atomic mass is 10.2. The molecule has 1 aliphatic heterocycles. The number of rotatable bonds is 6. The summed E-state index contributed by atoms with van der Waals surface area (Å²) in [6, 6.07) is 4.70. The Hall–Kier alpha value is -1.93. The van der Waals surface area contributed by atoms with Crippen LogP contribution in [0.3, 0.4) is 0 Å². The molecular formula is C19H26N2O5S. The zero-order valence-corrected chi connectivity index (χ0v) is 16.5. The Kier molecular flexibility index (Phi) is 5.86. The highest BCUT2D eigenvalue weighted by atomic mass is 32.2. The van der Waals surface area contributed by atoms with Crippen molar-refractivity contribution >= 4 is 27.6 Å². The van der Waals surface area contributed by atoms with Gasteiger partial charge in [-0.2, -0.15) is 4.31 Å². The molecule has 1 heterocycles. The molecule has 1 aromatic carbocycles. The van der Waals surface area contributed by atoms with Crippen LogP contribution in [-0.4, -0.2) is 44.3 Å². The van der Waals surface area contributed by atoms with Crippen LogP contribution in [-0.2, 0) is 24.3 Å². The summed E-state index contributed by atoms with van der Waals surface area (Å²) < 4.78 is 32.1. The highest BCUT2D eigenvalue weighted by Crippen LogP contribution is 2.38. The van der Waals surface area contributed by atoms with Gasteiger partial charge in [-0.1, -0.05) is 19.4 Å². The Morgan fingerprint density at radius 2 is 1.89 bits per heavy atom. The Labute approximate surface area is 160 Å². The minimum Gasteiger partial charge on any atom is -0.455 e. The van der Waals surface area contributed by atoms with Crippen LogP contribution in [0.5, 0.6) is 0 Å². The van der Waals surface area contributed by atoms with Gasteiger partial charge in [0.1, 0.15) is 0 Å². The van der Waals surface area contributed by atoms with E-state index < -0.39 is 15.9 Å². The first kappa shape index (κ1) is 19.8. The van der Waals surface area contributed by atoms with E-state index in [4.69, 9.17) is 4.74 Å². The number of nitrogens with zero attached hydrogens (tertiary/aromatic N) is 1. The van der Waals surface area contributed by atoms with Crippen molar-refractivity contribution in [1.29, 1.82) is 0 Å². The van der Waals surface area contributed by atoms with Gasteiger partial charge in [-0.25, -0.2) is 8.42 Å². The summed E-state index contributed by atoms with van der Waals surface area (Å²) in [5.74, 6) is -0.611. The topological polar surface area (TPSA) is 92.8 Å². The molecule has 1 amide bonds. The molecule has 2 fully saturated rings. The van der Waals surface area contributed by atoms with E-state index in [9.17, 15) is 18.0 Å². The molecule has 148 valence electrons. The predicted octanol–water partition coefficient (Wildman–Crippen LogP) is 2.31. The molecule has 7 nitrogen and oxygen atoms in total. The van der Waals surface area contributed by atoms with E-state index in [1.807, 2.05) is 6.92 Å². The van der Waals surface area contributed by atoms with Crippen molar-refractivity contribution in [3.05, 3.63) is 23.8 Å². The number of carbonyl (C=O) groups is 2. The molecule has 8 heteroatoms. The van der Waals surface area contributed by atoms with Gasteiger partial charge >= 0.3 is 5.97 Å². The van der Waals surface area contributed by atoms with Gasteiger partial charge in [0.15, 0.2) is 6.61 Å². The SMILES string of the molecule is Cc1ccc(S(=O)(=O)N2CCCCC2)cc1NC(=O)COC(=O)[C@H]1C[C@H]1C. The molecule has 0 unspecified atom stereocenters. The molecule has 1 aromatic rings. The second-order valence-corrected chi connectivity index (χ2v) is 9.35. The van der Waals surface area contributed by atoms with Crippen LogP contribution in [0.25, 0.3) is 0 Å². The molecule has 0 spiro atoms. The third-order valence-electron chi connectivity index (χ3n) is 5.19. The predicted molar refractivity (Wildman–Crippen MR) is 101 cm³/mol. The van der Waals surface area contributed by atoms with E-state index in [1.165, 1.54) is 10.4 Å². The molecule has 2 atom stereocenters. The lowest BCUT2D eigenvalue weighted by Gasteiger charge is -2.26. The van der Waals surface area contributed by atoms with Crippen molar-refractivity contribution in [1.82, 2.24) is 4.31 Å². The van der Waals surface area contributed by atoms with Crippen LogP contribution < -0.4 is 5.32 Å². The number of amides is 1. The number of sulfonamides is 1. The van der Waals surface area contributed by atoms with E-state index in [0.29, 0.717) is 24.7 Å². The van der Waals surface area contributed by atoms with Gasteiger partial charge in [-0.15, -0.1) is 0 Å². The number of hydrogen-bond donors (Lipinski definition) is 1. The van der Waals surface area contributed by atoms with Gasteiger partial charge in [-0.05, 0) is 49.8 Å². The maximum absolute atomic E-state index is 12.8. The number of piperidine rings is 1. The number of ether oxygens (including phenoxy) is 1. The quantitative estimate of drug-likeness (QED) is 0.748. The molecule has 1 N–H and O–H groups in total. The van der Waals surface area contributed by atoms with Gasteiger partial charge < -0.3 is 10.1 Å². The van der Waals surface area contributed by atoms with Crippen molar-refractivity contribution in [2.24, 2.45) is 11.8 Å². The number of anilines is 1. The normalized spacial score (nSPS) is 22.9. The highest BCUT2D eigenvalue weighted by molar-refractivity contribution is 7.89. The van der Waals surface area contributed by atoms with Crippen molar-refractivity contribution in [3.8, 4) is 0 Å². The maximum atomic E-state index is 12.8. The fourth-order valence-corrected chi connectivity index (χ4v) is 4.77. The van der Waals surface area contributed by atoms with Crippen LogP contribution in [0, 0.1) is 18.8 Å². The zero-order valence-electron chi connectivity index (χ0n) is 15.7. The van der Waals surface area contributed by atoms with Crippen LogP contribution in [0.1, 0.15) is 38.2 Å². The lowest BCUT2D eigenvalue weighted by molar-refractivity contribution is -0.148.